The zero-order valence-corrected chi connectivity index (χ0v) is 16.6. The first kappa shape index (κ1) is 19.2. The maximum Gasteiger partial charge on any atom is 0.230 e. The smallest absolute Gasteiger partial charge is 0.230 e. The number of aromatic nitrogens is 2. The minimum atomic E-state index is -0.00582. The van der Waals surface area contributed by atoms with Gasteiger partial charge in [-0.1, -0.05) is 41.3 Å². The molecule has 0 unspecified atom stereocenters. The van der Waals surface area contributed by atoms with Gasteiger partial charge in [-0.2, -0.15) is 0 Å². The van der Waals surface area contributed by atoms with Gasteiger partial charge in [0.05, 0.1) is 5.75 Å². The molecule has 1 heterocycles. The van der Waals surface area contributed by atoms with Crippen molar-refractivity contribution in [3.8, 4) is 11.5 Å². The number of amides is 1. The molecule has 0 aliphatic rings. The Kier molecular flexibility index (Phi) is 6.67. The topological polar surface area (TPSA) is 76.1 Å². The minimum absolute atomic E-state index is 0.00582. The average Bonchev–Trinajstić information content (AvgIpc) is 3.09. The molecule has 0 radical (unpaired) electrons. The van der Waals surface area contributed by atoms with Crippen LogP contribution in [0.3, 0.4) is 0 Å². The second-order valence-electron chi connectivity index (χ2n) is 5.95. The van der Waals surface area contributed by atoms with Crippen LogP contribution in [-0.2, 0) is 4.79 Å². The Morgan fingerprint density at radius 3 is 2.48 bits per heavy atom. The van der Waals surface area contributed by atoms with E-state index in [9.17, 15) is 4.79 Å². The van der Waals surface area contributed by atoms with Crippen LogP contribution in [0.15, 0.2) is 58.9 Å². The molecule has 1 amide bonds. The quantitative estimate of drug-likeness (QED) is 0.534. The van der Waals surface area contributed by atoms with E-state index < -0.39 is 0 Å². The Morgan fingerprint density at radius 2 is 1.78 bits per heavy atom. The van der Waals surface area contributed by atoms with Gasteiger partial charge in [0, 0.05) is 11.7 Å². The fourth-order valence-electron chi connectivity index (χ4n) is 2.16. The number of benzene rings is 2. The van der Waals surface area contributed by atoms with Crippen molar-refractivity contribution in [3.05, 3.63) is 54.6 Å². The van der Waals surface area contributed by atoms with E-state index >= 15 is 0 Å². The van der Waals surface area contributed by atoms with Crippen molar-refractivity contribution in [1.82, 2.24) is 15.5 Å². The van der Waals surface area contributed by atoms with Gasteiger partial charge in [-0.15, -0.1) is 10.2 Å². The van der Waals surface area contributed by atoms with E-state index in [2.05, 4.69) is 20.8 Å². The van der Waals surface area contributed by atoms with Crippen molar-refractivity contribution in [2.75, 3.05) is 11.1 Å². The van der Waals surface area contributed by atoms with E-state index in [0.717, 1.165) is 21.5 Å². The standard InChI is InChI=1S/C19H20N4O2S2/c1-13(2)20-17(24)12-26-19-23-22-18(27-19)21-14-8-10-16(11-9-14)25-15-6-4-3-5-7-15/h3-11,13H,12H2,1-2H3,(H,20,24)(H,21,22). The number of rotatable bonds is 8. The first-order chi connectivity index (χ1) is 13.1. The summed E-state index contributed by atoms with van der Waals surface area (Å²) in [5, 5.41) is 15.0. The largest absolute Gasteiger partial charge is 0.457 e. The molecule has 3 rings (SSSR count). The summed E-state index contributed by atoms with van der Waals surface area (Å²) in [5.41, 5.74) is 0.890. The lowest BCUT2D eigenvalue weighted by Gasteiger charge is -2.07. The number of para-hydroxylation sites is 1. The number of carbonyl (C=O) groups excluding carboxylic acids is 1. The van der Waals surface area contributed by atoms with Crippen LogP contribution in [0.4, 0.5) is 10.8 Å². The molecule has 0 spiro atoms. The molecule has 3 aromatic rings. The van der Waals surface area contributed by atoms with Gasteiger partial charge in [0.25, 0.3) is 0 Å². The van der Waals surface area contributed by atoms with E-state index in [0.29, 0.717) is 10.9 Å². The van der Waals surface area contributed by atoms with Crippen molar-refractivity contribution in [1.29, 1.82) is 0 Å². The lowest BCUT2D eigenvalue weighted by atomic mass is 10.3. The van der Waals surface area contributed by atoms with E-state index in [4.69, 9.17) is 4.74 Å². The molecule has 27 heavy (non-hydrogen) atoms. The van der Waals surface area contributed by atoms with Crippen LogP contribution in [0.5, 0.6) is 11.5 Å². The van der Waals surface area contributed by atoms with Gasteiger partial charge >= 0.3 is 0 Å². The molecule has 6 nitrogen and oxygen atoms in total. The first-order valence-corrected chi connectivity index (χ1v) is 10.2. The summed E-state index contributed by atoms with van der Waals surface area (Å²) in [6, 6.07) is 17.4. The summed E-state index contributed by atoms with van der Waals surface area (Å²) in [6.07, 6.45) is 0. The third kappa shape index (κ3) is 6.26. The monoisotopic (exact) mass is 400 g/mol. The van der Waals surface area contributed by atoms with Crippen molar-refractivity contribution in [2.45, 2.75) is 24.2 Å². The van der Waals surface area contributed by atoms with Crippen LogP contribution in [0.2, 0.25) is 0 Å². The van der Waals surface area contributed by atoms with Crippen LogP contribution in [0.25, 0.3) is 0 Å². The van der Waals surface area contributed by atoms with Gasteiger partial charge in [-0.3, -0.25) is 4.79 Å². The molecule has 0 fully saturated rings. The van der Waals surface area contributed by atoms with Gasteiger partial charge in [-0.25, -0.2) is 0 Å². The lowest BCUT2D eigenvalue weighted by Crippen LogP contribution is -2.31. The highest BCUT2D eigenvalue weighted by molar-refractivity contribution is 8.01. The Labute approximate surface area is 166 Å². The van der Waals surface area contributed by atoms with E-state index in [1.165, 1.54) is 23.1 Å². The summed E-state index contributed by atoms with van der Waals surface area (Å²) in [4.78, 5) is 11.7. The van der Waals surface area contributed by atoms with Crippen LogP contribution < -0.4 is 15.4 Å². The molecule has 0 aliphatic carbocycles. The fraction of sp³-hybridized carbons (Fsp3) is 0.211. The highest BCUT2D eigenvalue weighted by atomic mass is 32.2. The normalized spacial score (nSPS) is 10.6. The Hall–Kier alpha value is -2.58. The van der Waals surface area contributed by atoms with Crippen molar-refractivity contribution < 1.29 is 9.53 Å². The van der Waals surface area contributed by atoms with Gasteiger partial charge in [0.15, 0.2) is 4.34 Å². The molecule has 0 aliphatic heterocycles. The zero-order chi connectivity index (χ0) is 19.1. The number of ether oxygens (including phenoxy) is 1. The number of nitrogens with one attached hydrogen (secondary N) is 2. The molecule has 1 aromatic heterocycles. The van der Waals surface area contributed by atoms with Gasteiger partial charge in [0.1, 0.15) is 11.5 Å². The summed E-state index contributed by atoms with van der Waals surface area (Å²) >= 11 is 2.79. The second-order valence-corrected chi connectivity index (χ2v) is 8.15. The van der Waals surface area contributed by atoms with Gasteiger partial charge < -0.3 is 15.4 Å². The van der Waals surface area contributed by atoms with Crippen molar-refractivity contribution >= 4 is 39.8 Å². The molecule has 2 N–H and O–H groups in total. The van der Waals surface area contributed by atoms with Crippen molar-refractivity contribution in [3.63, 3.8) is 0 Å². The Morgan fingerprint density at radius 1 is 1.07 bits per heavy atom. The predicted molar refractivity (Wildman–Crippen MR) is 110 cm³/mol. The fourth-order valence-corrected chi connectivity index (χ4v) is 3.75. The molecule has 0 saturated heterocycles. The SMILES string of the molecule is CC(C)NC(=O)CSc1nnc(Nc2ccc(Oc3ccccc3)cc2)s1. The van der Waals surface area contributed by atoms with Crippen LogP contribution in [0, 0.1) is 0 Å². The average molecular weight is 401 g/mol. The highest BCUT2D eigenvalue weighted by Gasteiger charge is 2.09. The predicted octanol–water partition coefficient (Wildman–Crippen LogP) is 4.69. The molecule has 0 bridgehead atoms. The number of anilines is 2. The lowest BCUT2D eigenvalue weighted by molar-refractivity contribution is -0.119. The Bertz CT molecular complexity index is 867. The second kappa shape index (κ2) is 9.38. The summed E-state index contributed by atoms with van der Waals surface area (Å²) in [7, 11) is 0. The van der Waals surface area contributed by atoms with Crippen LogP contribution >= 0.6 is 23.1 Å². The minimum Gasteiger partial charge on any atom is -0.457 e. The number of hydrogen-bond donors (Lipinski definition) is 2. The molecule has 0 saturated carbocycles. The number of thioether (sulfide) groups is 1. The third-order valence-corrected chi connectivity index (χ3v) is 5.24. The molecule has 140 valence electrons. The highest BCUT2D eigenvalue weighted by Crippen LogP contribution is 2.29. The maximum atomic E-state index is 11.7. The van der Waals surface area contributed by atoms with E-state index in [1.807, 2.05) is 68.4 Å². The molecular weight excluding hydrogens is 380 g/mol. The molecule has 0 atom stereocenters. The van der Waals surface area contributed by atoms with Crippen LogP contribution in [0.1, 0.15) is 13.8 Å². The molecule has 2 aromatic carbocycles. The third-order valence-electron chi connectivity index (χ3n) is 3.27. The van der Waals surface area contributed by atoms with E-state index in [-0.39, 0.29) is 11.9 Å². The van der Waals surface area contributed by atoms with E-state index in [1.54, 1.807) is 0 Å². The number of hydrogen-bond acceptors (Lipinski definition) is 7. The molecule has 8 heteroatoms. The Balaban J connectivity index is 1.52. The first-order valence-electron chi connectivity index (χ1n) is 8.44. The van der Waals surface area contributed by atoms with Gasteiger partial charge in [-0.05, 0) is 50.2 Å². The zero-order valence-electron chi connectivity index (χ0n) is 15.0. The number of carbonyl (C=O) groups is 1. The van der Waals surface area contributed by atoms with Crippen LogP contribution in [-0.4, -0.2) is 27.9 Å². The summed E-state index contributed by atoms with van der Waals surface area (Å²) < 4.78 is 6.53. The summed E-state index contributed by atoms with van der Waals surface area (Å²) in [6.45, 7) is 3.87. The molecular formula is C19H20N4O2S2. The summed E-state index contributed by atoms with van der Waals surface area (Å²) in [5.74, 6) is 1.88. The van der Waals surface area contributed by atoms with Gasteiger partial charge in [0.2, 0.25) is 11.0 Å². The maximum absolute atomic E-state index is 11.7. The van der Waals surface area contributed by atoms with Crippen molar-refractivity contribution in [2.24, 2.45) is 0 Å². The number of nitrogens with zero attached hydrogens (tertiary/aromatic N) is 2.